The van der Waals surface area contributed by atoms with E-state index in [4.69, 9.17) is 0 Å². The van der Waals surface area contributed by atoms with Gasteiger partial charge < -0.3 is 5.32 Å². The van der Waals surface area contributed by atoms with Crippen molar-refractivity contribution in [2.24, 2.45) is 0 Å². The van der Waals surface area contributed by atoms with Crippen LogP contribution in [0.4, 0.5) is 0 Å². The van der Waals surface area contributed by atoms with Crippen LogP contribution in [0.3, 0.4) is 0 Å². The van der Waals surface area contributed by atoms with E-state index in [1.54, 1.807) is 5.56 Å². The van der Waals surface area contributed by atoms with Crippen LogP contribution in [-0.4, -0.2) is 6.54 Å². The number of hydrogen-bond donors (Lipinski definition) is 1. The fourth-order valence-electron chi connectivity index (χ4n) is 2.63. The molecule has 1 aromatic heterocycles. The molecule has 0 bridgehead atoms. The zero-order chi connectivity index (χ0) is 14.1. The Bertz CT molecular complexity index is 343. The van der Waals surface area contributed by atoms with Crippen LogP contribution in [-0.2, 0) is 0 Å². The van der Waals surface area contributed by atoms with Crippen LogP contribution >= 0.6 is 11.3 Å². The molecule has 2 heteroatoms. The predicted molar refractivity (Wildman–Crippen MR) is 88.2 cm³/mol. The summed E-state index contributed by atoms with van der Waals surface area (Å²) in [6.07, 6.45) is 9.38. The van der Waals surface area contributed by atoms with Gasteiger partial charge in [-0.2, -0.15) is 0 Å². The van der Waals surface area contributed by atoms with Gasteiger partial charge in [0.15, 0.2) is 0 Å². The highest BCUT2D eigenvalue weighted by Crippen LogP contribution is 2.29. The van der Waals surface area contributed by atoms with Crippen LogP contribution in [0.5, 0.6) is 0 Å². The molecule has 0 fully saturated rings. The second-order valence-electron chi connectivity index (χ2n) is 5.58. The van der Waals surface area contributed by atoms with E-state index in [1.807, 2.05) is 11.3 Å². The summed E-state index contributed by atoms with van der Waals surface area (Å²) >= 11 is 1.94. The summed E-state index contributed by atoms with van der Waals surface area (Å²) in [5, 5.41) is 3.74. The molecular formula is C17H31NS. The Balaban J connectivity index is 2.49. The van der Waals surface area contributed by atoms with E-state index in [1.165, 1.54) is 54.7 Å². The fourth-order valence-corrected chi connectivity index (χ4v) is 3.62. The zero-order valence-corrected chi connectivity index (χ0v) is 14.0. The Hall–Kier alpha value is -0.340. The lowest BCUT2D eigenvalue weighted by atomic mass is 10.00. The number of aryl methyl sites for hydroxylation is 2. The van der Waals surface area contributed by atoms with Crippen LogP contribution in [0.2, 0.25) is 0 Å². The monoisotopic (exact) mass is 281 g/mol. The molecule has 0 aliphatic carbocycles. The van der Waals surface area contributed by atoms with E-state index in [-0.39, 0.29) is 0 Å². The van der Waals surface area contributed by atoms with Gasteiger partial charge in [0.1, 0.15) is 0 Å². The highest BCUT2D eigenvalue weighted by atomic mass is 32.1. The maximum Gasteiger partial charge on any atom is 0.0331 e. The molecule has 1 heterocycles. The minimum Gasteiger partial charge on any atom is -0.310 e. The minimum absolute atomic E-state index is 0.575. The maximum absolute atomic E-state index is 3.74. The Labute approximate surface area is 123 Å². The molecule has 1 unspecified atom stereocenters. The van der Waals surface area contributed by atoms with Crippen molar-refractivity contribution in [1.29, 1.82) is 0 Å². The van der Waals surface area contributed by atoms with Crippen molar-refractivity contribution in [2.45, 2.75) is 78.7 Å². The number of thiophene rings is 1. The van der Waals surface area contributed by atoms with Gasteiger partial charge in [0, 0.05) is 15.8 Å². The van der Waals surface area contributed by atoms with Gasteiger partial charge in [-0.1, -0.05) is 46.0 Å². The van der Waals surface area contributed by atoms with Gasteiger partial charge in [-0.3, -0.25) is 0 Å². The first-order valence-electron chi connectivity index (χ1n) is 7.99. The second-order valence-corrected chi connectivity index (χ2v) is 7.04. The normalized spacial score (nSPS) is 12.8. The highest BCUT2D eigenvalue weighted by Gasteiger charge is 2.14. The van der Waals surface area contributed by atoms with Crippen molar-refractivity contribution < 1.29 is 0 Å². The van der Waals surface area contributed by atoms with Crippen molar-refractivity contribution >= 4 is 11.3 Å². The van der Waals surface area contributed by atoms with Gasteiger partial charge in [-0.25, -0.2) is 0 Å². The first kappa shape index (κ1) is 16.7. The largest absolute Gasteiger partial charge is 0.310 e. The maximum atomic E-state index is 3.74. The average molecular weight is 282 g/mol. The molecular weight excluding hydrogens is 250 g/mol. The predicted octanol–water partition coefficient (Wildman–Crippen LogP) is 5.77. The summed E-state index contributed by atoms with van der Waals surface area (Å²) in [6.45, 7) is 10.2. The van der Waals surface area contributed by atoms with E-state index >= 15 is 0 Å². The molecule has 0 saturated heterocycles. The first-order chi connectivity index (χ1) is 9.19. The topological polar surface area (TPSA) is 12.0 Å². The van der Waals surface area contributed by atoms with Gasteiger partial charge >= 0.3 is 0 Å². The zero-order valence-electron chi connectivity index (χ0n) is 13.2. The Morgan fingerprint density at radius 3 is 2.37 bits per heavy atom. The molecule has 1 rings (SSSR count). The molecule has 0 radical (unpaired) electrons. The van der Waals surface area contributed by atoms with Crippen molar-refractivity contribution in [1.82, 2.24) is 5.32 Å². The molecule has 0 amide bonds. The SMILES string of the molecule is CCCCCCCC(NCCC)c1cc(C)sc1C. The molecule has 0 saturated carbocycles. The minimum atomic E-state index is 0.575. The van der Waals surface area contributed by atoms with Crippen molar-refractivity contribution in [3.63, 3.8) is 0 Å². The number of rotatable bonds is 10. The Morgan fingerprint density at radius 1 is 1.05 bits per heavy atom. The number of unbranched alkanes of at least 4 members (excludes halogenated alkanes) is 4. The summed E-state index contributed by atoms with van der Waals surface area (Å²) < 4.78 is 0. The van der Waals surface area contributed by atoms with Crippen LogP contribution in [0.25, 0.3) is 0 Å². The molecule has 1 aromatic rings. The van der Waals surface area contributed by atoms with Gasteiger partial charge in [0.05, 0.1) is 0 Å². The molecule has 0 aliphatic rings. The summed E-state index contributed by atoms with van der Waals surface area (Å²) in [6, 6.07) is 2.96. The van der Waals surface area contributed by atoms with E-state index in [0.29, 0.717) is 6.04 Å². The lowest BCUT2D eigenvalue weighted by Crippen LogP contribution is -2.22. The average Bonchev–Trinajstić information content (AvgIpc) is 2.72. The lowest BCUT2D eigenvalue weighted by Gasteiger charge is -2.18. The summed E-state index contributed by atoms with van der Waals surface area (Å²) in [7, 11) is 0. The van der Waals surface area contributed by atoms with Crippen LogP contribution in [0, 0.1) is 13.8 Å². The third-order valence-corrected chi connectivity index (χ3v) is 4.67. The summed E-state index contributed by atoms with van der Waals surface area (Å²) in [4.78, 5) is 2.95. The third-order valence-electron chi connectivity index (χ3n) is 3.69. The van der Waals surface area contributed by atoms with Crippen molar-refractivity contribution in [3.05, 3.63) is 21.4 Å². The van der Waals surface area contributed by atoms with Crippen LogP contribution < -0.4 is 5.32 Å². The first-order valence-corrected chi connectivity index (χ1v) is 8.81. The molecule has 0 aliphatic heterocycles. The van der Waals surface area contributed by atoms with Crippen LogP contribution in [0.15, 0.2) is 6.07 Å². The quantitative estimate of drug-likeness (QED) is 0.537. The molecule has 0 aromatic carbocycles. The van der Waals surface area contributed by atoms with Gasteiger partial charge in [0.2, 0.25) is 0 Å². The third kappa shape index (κ3) is 6.09. The van der Waals surface area contributed by atoms with Gasteiger partial charge in [-0.15, -0.1) is 11.3 Å². The van der Waals surface area contributed by atoms with E-state index < -0.39 is 0 Å². The number of nitrogens with one attached hydrogen (secondary N) is 1. The van der Waals surface area contributed by atoms with Crippen molar-refractivity contribution in [3.8, 4) is 0 Å². The molecule has 110 valence electrons. The van der Waals surface area contributed by atoms with Gasteiger partial charge in [0.25, 0.3) is 0 Å². The van der Waals surface area contributed by atoms with E-state index in [0.717, 1.165) is 6.54 Å². The number of hydrogen-bond acceptors (Lipinski definition) is 2. The molecule has 1 atom stereocenters. The van der Waals surface area contributed by atoms with Crippen molar-refractivity contribution in [2.75, 3.05) is 6.54 Å². The standard InChI is InChI=1S/C17H31NS/c1-5-7-8-9-10-11-17(18-12-6-2)16-13-14(3)19-15(16)4/h13,17-18H,5-12H2,1-4H3. The lowest BCUT2D eigenvalue weighted by molar-refractivity contribution is 0.467. The molecule has 1 nitrogen and oxygen atoms in total. The Kier molecular flexibility index (Phi) is 8.40. The second kappa shape index (κ2) is 9.55. The molecule has 1 N–H and O–H groups in total. The van der Waals surface area contributed by atoms with Gasteiger partial charge in [-0.05, 0) is 44.9 Å². The molecule has 19 heavy (non-hydrogen) atoms. The van der Waals surface area contributed by atoms with E-state index in [9.17, 15) is 0 Å². The molecule has 0 spiro atoms. The van der Waals surface area contributed by atoms with Crippen LogP contribution in [0.1, 0.15) is 80.2 Å². The summed E-state index contributed by atoms with van der Waals surface area (Å²) in [5.41, 5.74) is 1.55. The summed E-state index contributed by atoms with van der Waals surface area (Å²) in [5.74, 6) is 0. The van der Waals surface area contributed by atoms with E-state index in [2.05, 4.69) is 39.1 Å². The highest BCUT2D eigenvalue weighted by molar-refractivity contribution is 7.12. The smallest absolute Gasteiger partial charge is 0.0331 e. The Morgan fingerprint density at radius 2 is 1.79 bits per heavy atom. The fraction of sp³-hybridized carbons (Fsp3) is 0.765.